The van der Waals surface area contributed by atoms with Gasteiger partial charge in [0.1, 0.15) is 19.3 Å². The predicted molar refractivity (Wildman–Crippen MR) is 330 cm³/mol. The Morgan fingerprint density at radius 2 is 0.844 bits per heavy atom. The third kappa shape index (κ3) is 56.9. The van der Waals surface area contributed by atoms with E-state index in [0.717, 1.165) is 103 Å². The summed E-state index contributed by atoms with van der Waals surface area (Å²) in [5, 5.41) is 3.00. The fourth-order valence-electron chi connectivity index (χ4n) is 8.13. The Hall–Kier alpha value is -3.59. The van der Waals surface area contributed by atoms with Gasteiger partial charge in [-0.15, -0.1) is 0 Å². The molecular weight excluding hydrogens is 976 g/mol. The summed E-state index contributed by atoms with van der Waals surface area (Å²) >= 11 is 0. The highest BCUT2D eigenvalue weighted by atomic mass is 31.2. The minimum Gasteiger partial charge on any atom is -0.756 e. The van der Waals surface area contributed by atoms with Crippen LogP contribution in [0.3, 0.4) is 0 Å². The zero-order valence-corrected chi connectivity index (χ0v) is 51.0. The van der Waals surface area contributed by atoms with Gasteiger partial charge in [-0.1, -0.05) is 233 Å². The third-order valence-corrected chi connectivity index (χ3v) is 13.8. The lowest BCUT2D eigenvalue weighted by atomic mass is 10.1. The van der Waals surface area contributed by atoms with E-state index in [0.29, 0.717) is 23.9 Å². The first-order valence-corrected chi connectivity index (χ1v) is 32.3. The second-order valence-corrected chi connectivity index (χ2v) is 22.9. The molecule has 0 aromatic carbocycles. The van der Waals surface area contributed by atoms with E-state index in [1.807, 2.05) is 27.2 Å². The Bertz CT molecular complexity index is 1730. The summed E-state index contributed by atoms with van der Waals surface area (Å²) in [5.74, 6) is -0.630. The van der Waals surface area contributed by atoms with Crippen LogP contribution in [0.5, 0.6) is 0 Å². The van der Waals surface area contributed by atoms with Crippen LogP contribution in [0.4, 0.5) is 0 Å². The quantitative estimate of drug-likeness (QED) is 0.0212. The summed E-state index contributed by atoms with van der Waals surface area (Å²) in [6, 6.07) is -0.925. The number of carbonyl (C=O) groups is 2. The topological polar surface area (TPSA) is 114 Å². The van der Waals surface area contributed by atoms with Crippen LogP contribution in [0.15, 0.2) is 122 Å². The second-order valence-electron chi connectivity index (χ2n) is 21.5. The van der Waals surface area contributed by atoms with Gasteiger partial charge in [0.15, 0.2) is 0 Å². The average molecular weight is 1090 g/mol. The van der Waals surface area contributed by atoms with Crippen LogP contribution in [-0.4, -0.2) is 69.4 Å². The van der Waals surface area contributed by atoms with Gasteiger partial charge >= 0.3 is 5.97 Å². The number of rotatable bonds is 54. The van der Waals surface area contributed by atoms with Gasteiger partial charge in [0.2, 0.25) is 5.91 Å². The summed E-state index contributed by atoms with van der Waals surface area (Å²) in [7, 11) is 1.13. The molecule has 440 valence electrons. The number of unbranched alkanes of at least 4 members (excludes halogenated alkanes) is 20. The first-order chi connectivity index (χ1) is 37.4. The van der Waals surface area contributed by atoms with Gasteiger partial charge in [0.25, 0.3) is 7.82 Å². The number of ether oxygens (including phenoxy) is 1. The number of carbonyl (C=O) groups excluding carboxylic acids is 2. The number of esters is 1. The number of quaternary nitrogens is 1. The molecule has 0 aliphatic carbocycles. The first kappa shape index (κ1) is 73.4. The van der Waals surface area contributed by atoms with Crippen molar-refractivity contribution in [3.8, 4) is 0 Å². The third-order valence-electron chi connectivity index (χ3n) is 12.9. The van der Waals surface area contributed by atoms with Crippen LogP contribution < -0.4 is 10.2 Å². The second kappa shape index (κ2) is 55.7. The van der Waals surface area contributed by atoms with Crippen molar-refractivity contribution in [3.63, 3.8) is 0 Å². The number of hydrogen-bond donors (Lipinski definition) is 1. The minimum absolute atomic E-state index is 0.0400. The van der Waals surface area contributed by atoms with Gasteiger partial charge in [-0.2, -0.15) is 0 Å². The molecule has 1 amide bonds. The van der Waals surface area contributed by atoms with Crippen LogP contribution in [0.2, 0.25) is 0 Å². The minimum atomic E-state index is -4.72. The Balaban J connectivity index is 5.31. The number of phosphoric acid groups is 1. The molecule has 0 fully saturated rings. The van der Waals surface area contributed by atoms with Gasteiger partial charge in [-0.25, -0.2) is 0 Å². The molecule has 0 heterocycles. The molecule has 0 radical (unpaired) electrons. The van der Waals surface area contributed by atoms with Gasteiger partial charge in [0, 0.05) is 12.8 Å². The van der Waals surface area contributed by atoms with Crippen LogP contribution in [0, 0.1) is 0 Å². The molecule has 0 aromatic heterocycles. The van der Waals surface area contributed by atoms with E-state index in [9.17, 15) is 19.0 Å². The van der Waals surface area contributed by atoms with Crippen molar-refractivity contribution in [2.24, 2.45) is 0 Å². The Morgan fingerprint density at radius 3 is 1.30 bits per heavy atom. The van der Waals surface area contributed by atoms with Crippen molar-refractivity contribution >= 4 is 19.7 Å². The molecule has 0 saturated carbocycles. The van der Waals surface area contributed by atoms with Crippen molar-refractivity contribution in [2.75, 3.05) is 40.9 Å². The molecule has 0 rings (SSSR count). The Labute approximate surface area is 473 Å². The first-order valence-electron chi connectivity index (χ1n) is 30.8. The average Bonchev–Trinajstić information content (AvgIpc) is 3.39. The molecule has 9 nitrogen and oxygen atoms in total. The number of likely N-dealkylation sites (N-methyl/N-ethyl adjacent to an activating group) is 1. The summed E-state index contributed by atoms with van der Waals surface area (Å²) in [4.78, 5) is 39.9. The fourth-order valence-corrected chi connectivity index (χ4v) is 8.85. The van der Waals surface area contributed by atoms with E-state index in [2.05, 4.69) is 135 Å². The summed E-state index contributed by atoms with van der Waals surface area (Å²) < 4.78 is 30.2. The SMILES string of the molecule is CC/C=C\C/C=C\C/C=C\C/C=C\C/C=C\CCCC(=O)OC(/C=C\CCCCCCCCCCC)C(COP(=O)([O-])OCC[N+](C)(C)C)NC(=O)CCCCCCCCC/C=C\C/C=C\C/C=C\C/C=C\CCCCC. The Morgan fingerprint density at radius 1 is 0.468 bits per heavy atom. The maximum atomic E-state index is 13.5. The van der Waals surface area contributed by atoms with Gasteiger partial charge in [0.05, 0.1) is 33.8 Å². The highest BCUT2D eigenvalue weighted by Gasteiger charge is 2.27. The predicted octanol–water partition coefficient (Wildman–Crippen LogP) is 18.5. The Kier molecular flexibility index (Phi) is 53.1. The van der Waals surface area contributed by atoms with Crippen LogP contribution in [0.1, 0.15) is 239 Å². The molecule has 10 heteroatoms. The number of phosphoric ester groups is 1. The smallest absolute Gasteiger partial charge is 0.306 e. The normalized spacial score (nSPS) is 14.5. The molecule has 0 aliphatic heterocycles. The van der Waals surface area contributed by atoms with E-state index < -0.39 is 32.5 Å². The number of amides is 1. The molecule has 77 heavy (non-hydrogen) atoms. The van der Waals surface area contributed by atoms with E-state index >= 15 is 0 Å². The van der Waals surface area contributed by atoms with Gasteiger partial charge < -0.3 is 28.5 Å². The van der Waals surface area contributed by atoms with E-state index in [1.54, 1.807) is 6.08 Å². The number of hydrogen-bond acceptors (Lipinski definition) is 7. The molecule has 1 N–H and O–H groups in total. The fraction of sp³-hybridized carbons (Fsp3) is 0.672. The summed E-state index contributed by atoms with van der Waals surface area (Å²) in [6.07, 6.45) is 77.5. The molecule has 0 aromatic rings. The van der Waals surface area contributed by atoms with Crippen molar-refractivity contribution in [1.29, 1.82) is 0 Å². The molecule has 3 unspecified atom stereocenters. The van der Waals surface area contributed by atoms with Crippen molar-refractivity contribution in [2.45, 2.75) is 251 Å². The molecule has 3 atom stereocenters. The molecule has 0 bridgehead atoms. The number of allylic oxidation sites excluding steroid dienone is 19. The largest absolute Gasteiger partial charge is 0.756 e. The highest BCUT2D eigenvalue weighted by molar-refractivity contribution is 7.45. The molecule has 0 saturated heterocycles. The van der Waals surface area contributed by atoms with E-state index in [4.69, 9.17) is 13.8 Å². The lowest BCUT2D eigenvalue weighted by Crippen LogP contribution is -2.47. The lowest BCUT2D eigenvalue weighted by molar-refractivity contribution is -0.870. The van der Waals surface area contributed by atoms with E-state index in [1.165, 1.54) is 89.9 Å². The van der Waals surface area contributed by atoms with Crippen molar-refractivity contribution in [3.05, 3.63) is 122 Å². The van der Waals surface area contributed by atoms with Crippen molar-refractivity contribution < 1.29 is 37.3 Å². The molecular formula is C67H115N2O7P. The van der Waals surface area contributed by atoms with E-state index in [-0.39, 0.29) is 25.4 Å². The molecule has 0 aliphatic rings. The monoisotopic (exact) mass is 1090 g/mol. The summed E-state index contributed by atoms with van der Waals surface area (Å²) in [6.45, 7) is 6.63. The maximum absolute atomic E-state index is 13.5. The highest BCUT2D eigenvalue weighted by Crippen LogP contribution is 2.38. The zero-order chi connectivity index (χ0) is 56.4. The van der Waals surface area contributed by atoms with Crippen LogP contribution >= 0.6 is 7.82 Å². The van der Waals surface area contributed by atoms with Crippen LogP contribution in [0.25, 0.3) is 0 Å². The molecule has 0 spiro atoms. The lowest BCUT2D eigenvalue weighted by Gasteiger charge is -2.30. The van der Waals surface area contributed by atoms with Crippen LogP contribution in [-0.2, 0) is 27.9 Å². The summed E-state index contributed by atoms with van der Waals surface area (Å²) in [5.41, 5.74) is 0. The number of nitrogens with one attached hydrogen (secondary N) is 1. The standard InChI is InChI=1S/C67H115N2O7P/c1-7-10-13-16-19-22-25-27-29-31-32-33-34-35-36-38-39-41-44-47-50-53-56-59-66(70)68-64(63-75-77(72,73)74-62-61-69(4,5)6)65(58-55-52-49-46-43-24-21-18-15-12-9-3)76-67(71)60-57-54-51-48-45-42-40-37-30-28-26-23-20-17-14-11-8-2/h11,14,19-20,22-23,27-30,32-33,35-36,40,42,48,51,55,58,64-65H,7-10,12-13,15-18,21,24-26,31,34,37-39,41,43-47,49-50,52-54,56-57,59-63H2,1-6H3,(H-,68,70,72,73)/b14-11-,22-19-,23-20-,29-27-,30-28-,33-32-,36-35-,42-40-,51-48-,58-55-. The maximum Gasteiger partial charge on any atom is 0.306 e. The van der Waals surface area contributed by atoms with Gasteiger partial charge in [-0.05, 0) is 115 Å². The zero-order valence-electron chi connectivity index (χ0n) is 50.1. The number of nitrogens with zero attached hydrogens (tertiary/aromatic N) is 1. The van der Waals surface area contributed by atoms with Gasteiger partial charge in [-0.3, -0.25) is 14.2 Å². The van der Waals surface area contributed by atoms with Crippen molar-refractivity contribution in [1.82, 2.24) is 5.32 Å².